The first-order chi connectivity index (χ1) is 6.68. The summed E-state index contributed by atoms with van der Waals surface area (Å²) < 4.78 is 0.724. The van der Waals surface area contributed by atoms with Gasteiger partial charge in [-0.05, 0) is 52.4 Å². The number of aromatic hydroxyl groups is 1. The molecular formula is C11H14BrNO. The van der Waals surface area contributed by atoms with Gasteiger partial charge in [0.15, 0.2) is 0 Å². The topological polar surface area (TPSA) is 46.2 Å². The van der Waals surface area contributed by atoms with Gasteiger partial charge in [-0.3, -0.25) is 0 Å². The van der Waals surface area contributed by atoms with Gasteiger partial charge >= 0.3 is 0 Å². The minimum Gasteiger partial charge on any atom is -0.507 e. The fraction of sp³-hybridized carbons (Fsp3) is 0.455. The van der Waals surface area contributed by atoms with Crippen LogP contribution in [0.3, 0.4) is 0 Å². The quantitative estimate of drug-likeness (QED) is 0.854. The lowest BCUT2D eigenvalue weighted by Gasteiger charge is -2.31. The van der Waals surface area contributed by atoms with E-state index in [4.69, 9.17) is 5.73 Å². The van der Waals surface area contributed by atoms with Crippen LogP contribution in [0.1, 0.15) is 30.9 Å². The van der Waals surface area contributed by atoms with Gasteiger partial charge in [0.1, 0.15) is 5.75 Å². The lowest BCUT2D eigenvalue weighted by Crippen LogP contribution is -2.26. The molecule has 0 aromatic heterocycles. The third-order valence-electron chi connectivity index (χ3n) is 3.01. The van der Waals surface area contributed by atoms with Crippen molar-refractivity contribution >= 4 is 15.9 Å². The van der Waals surface area contributed by atoms with Crippen LogP contribution in [0.4, 0.5) is 0 Å². The van der Waals surface area contributed by atoms with Crippen molar-refractivity contribution in [1.29, 1.82) is 0 Å². The molecule has 0 saturated heterocycles. The van der Waals surface area contributed by atoms with Crippen LogP contribution in [0.25, 0.3) is 0 Å². The number of nitrogens with two attached hydrogens (primary N) is 1. The maximum Gasteiger partial charge on any atom is 0.130 e. The van der Waals surface area contributed by atoms with Gasteiger partial charge in [0.05, 0.1) is 4.47 Å². The second-order valence-corrected chi connectivity index (χ2v) is 4.78. The van der Waals surface area contributed by atoms with Crippen molar-refractivity contribution in [2.24, 2.45) is 11.7 Å². The molecule has 1 aliphatic rings. The first-order valence-corrected chi connectivity index (χ1v) is 5.72. The van der Waals surface area contributed by atoms with Crippen LogP contribution < -0.4 is 5.73 Å². The predicted molar refractivity (Wildman–Crippen MR) is 60.1 cm³/mol. The van der Waals surface area contributed by atoms with E-state index in [0.29, 0.717) is 5.92 Å². The molecule has 1 atom stereocenters. The number of benzene rings is 1. The second-order valence-electron chi connectivity index (χ2n) is 3.93. The number of hydrogen-bond acceptors (Lipinski definition) is 2. The normalized spacial score (nSPS) is 19.0. The van der Waals surface area contributed by atoms with Crippen molar-refractivity contribution in [3.8, 4) is 5.75 Å². The molecule has 1 aromatic carbocycles. The van der Waals surface area contributed by atoms with Crippen LogP contribution in [0, 0.1) is 5.92 Å². The standard InChI is InChI=1S/C11H14BrNO/c12-9-5-4-8(6-10(9)14)11(13)7-2-1-3-7/h4-7,11,14H,1-3,13H2. The SMILES string of the molecule is NC(c1ccc(Br)c(O)c1)C1CCC1. The number of hydrogen-bond donors (Lipinski definition) is 2. The molecule has 1 saturated carbocycles. The number of rotatable bonds is 2. The Morgan fingerprint density at radius 1 is 1.43 bits per heavy atom. The van der Waals surface area contributed by atoms with Gasteiger partial charge in [0.25, 0.3) is 0 Å². The van der Waals surface area contributed by atoms with Crippen LogP contribution >= 0.6 is 15.9 Å². The lowest BCUT2D eigenvalue weighted by atomic mass is 9.77. The van der Waals surface area contributed by atoms with Gasteiger partial charge < -0.3 is 10.8 Å². The van der Waals surface area contributed by atoms with Crippen molar-refractivity contribution in [3.05, 3.63) is 28.2 Å². The summed E-state index contributed by atoms with van der Waals surface area (Å²) in [5.41, 5.74) is 7.13. The Balaban J connectivity index is 2.18. The molecular weight excluding hydrogens is 242 g/mol. The Kier molecular flexibility index (Phi) is 2.79. The molecule has 0 spiro atoms. The molecule has 1 unspecified atom stereocenters. The Morgan fingerprint density at radius 3 is 2.64 bits per heavy atom. The summed E-state index contributed by atoms with van der Waals surface area (Å²) >= 11 is 3.26. The van der Waals surface area contributed by atoms with Crippen LogP contribution in [0.2, 0.25) is 0 Å². The van der Waals surface area contributed by atoms with Gasteiger partial charge in [-0.25, -0.2) is 0 Å². The summed E-state index contributed by atoms with van der Waals surface area (Å²) in [5, 5.41) is 9.52. The monoisotopic (exact) mass is 255 g/mol. The zero-order chi connectivity index (χ0) is 10.1. The maximum absolute atomic E-state index is 9.52. The molecule has 1 aromatic rings. The Bertz CT molecular complexity index is 336. The molecule has 2 nitrogen and oxygen atoms in total. The van der Waals surface area contributed by atoms with E-state index in [2.05, 4.69) is 15.9 Å². The van der Waals surface area contributed by atoms with Gasteiger partial charge in [-0.15, -0.1) is 0 Å². The summed E-state index contributed by atoms with van der Waals surface area (Å²) in [5.74, 6) is 0.882. The second kappa shape index (κ2) is 3.91. The average molecular weight is 256 g/mol. The molecule has 2 rings (SSSR count). The zero-order valence-corrected chi connectivity index (χ0v) is 9.50. The molecule has 76 valence electrons. The van der Waals surface area contributed by atoms with Crippen LogP contribution in [0.5, 0.6) is 5.75 Å². The molecule has 1 aliphatic carbocycles. The molecule has 3 N–H and O–H groups in total. The van der Waals surface area contributed by atoms with Gasteiger partial charge in [-0.1, -0.05) is 12.5 Å². The third kappa shape index (κ3) is 1.79. The number of phenols is 1. The summed E-state index contributed by atoms with van der Waals surface area (Å²) in [4.78, 5) is 0. The van der Waals surface area contributed by atoms with Gasteiger partial charge in [0.2, 0.25) is 0 Å². The van der Waals surface area contributed by atoms with Crippen molar-refractivity contribution in [2.45, 2.75) is 25.3 Å². The van der Waals surface area contributed by atoms with Crippen molar-refractivity contribution < 1.29 is 5.11 Å². The fourth-order valence-corrected chi connectivity index (χ4v) is 2.05. The highest BCUT2D eigenvalue weighted by atomic mass is 79.9. The summed E-state index contributed by atoms with van der Waals surface area (Å²) in [6, 6.07) is 5.67. The first-order valence-electron chi connectivity index (χ1n) is 4.92. The average Bonchev–Trinajstić information content (AvgIpc) is 2.06. The fourth-order valence-electron chi connectivity index (χ4n) is 1.81. The van der Waals surface area contributed by atoms with E-state index < -0.39 is 0 Å². The van der Waals surface area contributed by atoms with E-state index in [1.807, 2.05) is 12.1 Å². The molecule has 0 bridgehead atoms. The Hall–Kier alpha value is -0.540. The minimum atomic E-state index is 0.0859. The van der Waals surface area contributed by atoms with E-state index >= 15 is 0 Å². The lowest BCUT2D eigenvalue weighted by molar-refractivity contribution is 0.264. The first kappa shape index (κ1) is 9.99. The van der Waals surface area contributed by atoms with E-state index in [-0.39, 0.29) is 11.8 Å². The smallest absolute Gasteiger partial charge is 0.130 e. The molecule has 14 heavy (non-hydrogen) atoms. The highest BCUT2D eigenvalue weighted by Gasteiger charge is 2.25. The molecule has 3 heteroatoms. The van der Waals surface area contributed by atoms with Crippen molar-refractivity contribution in [3.63, 3.8) is 0 Å². The van der Waals surface area contributed by atoms with Crippen LogP contribution in [-0.4, -0.2) is 5.11 Å². The molecule has 0 radical (unpaired) electrons. The van der Waals surface area contributed by atoms with Crippen molar-refractivity contribution in [2.75, 3.05) is 0 Å². The molecule has 0 aliphatic heterocycles. The third-order valence-corrected chi connectivity index (χ3v) is 3.68. The highest BCUT2D eigenvalue weighted by molar-refractivity contribution is 9.10. The maximum atomic E-state index is 9.52. The van der Waals surface area contributed by atoms with E-state index in [1.54, 1.807) is 6.07 Å². The van der Waals surface area contributed by atoms with Crippen LogP contribution in [0.15, 0.2) is 22.7 Å². The summed E-state index contributed by atoms with van der Waals surface area (Å²) in [7, 11) is 0. The molecule has 0 heterocycles. The van der Waals surface area contributed by atoms with E-state index in [1.165, 1.54) is 19.3 Å². The van der Waals surface area contributed by atoms with Crippen molar-refractivity contribution in [1.82, 2.24) is 0 Å². The number of phenolic OH excluding ortho intramolecular Hbond substituents is 1. The largest absolute Gasteiger partial charge is 0.507 e. The molecule has 1 fully saturated rings. The van der Waals surface area contributed by atoms with E-state index in [9.17, 15) is 5.11 Å². The molecule has 0 amide bonds. The van der Waals surface area contributed by atoms with E-state index in [0.717, 1.165) is 10.0 Å². The van der Waals surface area contributed by atoms with Gasteiger partial charge in [0, 0.05) is 6.04 Å². The number of halogens is 1. The summed E-state index contributed by atoms with van der Waals surface area (Å²) in [6.45, 7) is 0. The summed E-state index contributed by atoms with van der Waals surface area (Å²) in [6.07, 6.45) is 3.73. The minimum absolute atomic E-state index is 0.0859. The Morgan fingerprint density at radius 2 is 2.14 bits per heavy atom. The van der Waals surface area contributed by atoms with Crippen LogP contribution in [-0.2, 0) is 0 Å². The Labute approximate surface area is 92.3 Å². The highest BCUT2D eigenvalue weighted by Crippen LogP contribution is 2.37. The van der Waals surface area contributed by atoms with Gasteiger partial charge in [-0.2, -0.15) is 0 Å². The predicted octanol–water partition coefficient (Wildman–Crippen LogP) is 2.95. The zero-order valence-electron chi connectivity index (χ0n) is 7.91.